The highest BCUT2D eigenvalue weighted by Gasteiger charge is 2.26. The molecule has 0 spiro atoms. The first kappa shape index (κ1) is 15.4. The van der Waals surface area contributed by atoms with Gasteiger partial charge in [0.05, 0.1) is 11.3 Å². The van der Waals surface area contributed by atoms with Crippen LogP contribution in [0.15, 0.2) is 12.1 Å². The molecule has 1 aromatic heterocycles. The second-order valence-corrected chi connectivity index (χ2v) is 5.61. The first-order chi connectivity index (χ1) is 9.90. The Balaban J connectivity index is 2.15. The number of carbonyl (C=O) groups excluding carboxylic acids is 1. The van der Waals surface area contributed by atoms with Crippen LogP contribution in [0.1, 0.15) is 39.4 Å². The fraction of sp³-hybridized carbons (Fsp3) is 0.533. The summed E-state index contributed by atoms with van der Waals surface area (Å²) in [7, 11) is 3.84. The van der Waals surface area contributed by atoms with E-state index in [4.69, 9.17) is 5.11 Å². The molecule has 1 saturated heterocycles. The van der Waals surface area contributed by atoms with Crippen LogP contribution in [0, 0.1) is 6.92 Å². The Morgan fingerprint density at radius 3 is 2.71 bits per heavy atom. The van der Waals surface area contributed by atoms with Crippen molar-refractivity contribution >= 4 is 11.9 Å². The van der Waals surface area contributed by atoms with Gasteiger partial charge < -0.3 is 14.9 Å². The number of carboxylic acid groups (broad SMARTS) is 1. The van der Waals surface area contributed by atoms with Crippen molar-refractivity contribution in [3.8, 4) is 0 Å². The topological polar surface area (TPSA) is 73.7 Å². The van der Waals surface area contributed by atoms with Crippen LogP contribution >= 0.6 is 0 Å². The van der Waals surface area contributed by atoms with Crippen LogP contribution in [-0.2, 0) is 0 Å². The number of hydrogen-bond donors (Lipinski definition) is 1. The minimum atomic E-state index is -1.03. The maximum absolute atomic E-state index is 12.5. The molecule has 1 aliphatic rings. The Kier molecular flexibility index (Phi) is 4.57. The largest absolute Gasteiger partial charge is 0.478 e. The Morgan fingerprint density at radius 2 is 2.14 bits per heavy atom. The molecule has 0 bridgehead atoms. The van der Waals surface area contributed by atoms with E-state index in [0.717, 1.165) is 25.9 Å². The summed E-state index contributed by atoms with van der Waals surface area (Å²) in [5, 5.41) is 9.00. The zero-order chi connectivity index (χ0) is 15.6. The van der Waals surface area contributed by atoms with E-state index in [1.807, 2.05) is 0 Å². The Hall–Kier alpha value is -1.95. The van der Waals surface area contributed by atoms with E-state index in [1.165, 1.54) is 12.1 Å². The molecule has 1 aliphatic heterocycles. The number of aryl methyl sites for hydroxylation is 1. The first-order valence-corrected chi connectivity index (χ1v) is 7.06. The summed E-state index contributed by atoms with van der Waals surface area (Å²) in [4.78, 5) is 31.5. The van der Waals surface area contributed by atoms with E-state index < -0.39 is 5.97 Å². The molecule has 0 aromatic carbocycles. The lowest BCUT2D eigenvalue weighted by Gasteiger charge is -2.35. The number of likely N-dealkylation sites (N-methyl/N-ethyl adjacent to an activating group) is 2. The first-order valence-electron chi connectivity index (χ1n) is 7.06. The molecule has 0 radical (unpaired) electrons. The minimum Gasteiger partial charge on any atom is -0.478 e. The summed E-state index contributed by atoms with van der Waals surface area (Å²) in [5.74, 6) is -1.18. The molecule has 0 saturated carbocycles. The summed E-state index contributed by atoms with van der Waals surface area (Å²) >= 11 is 0. The molecule has 1 N–H and O–H groups in total. The van der Waals surface area contributed by atoms with E-state index in [0.29, 0.717) is 11.4 Å². The summed E-state index contributed by atoms with van der Waals surface area (Å²) < 4.78 is 0. The van der Waals surface area contributed by atoms with Crippen LogP contribution in [0.5, 0.6) is 0 Å². The Morgan fingerprint density at radius 1 is 1.43 bits per heavy atom. The number of likely N-dealkylation sites (tertiary alicyclic amines) is 1. The van der Waals surface area contributed by atoms with E-state index in [9.17, 15) is 9.59 Å². The molecule has 1 fully saturated rings. The third kappa shape index (κ3) is 3.39. The number of amides is 1. The van der Waals surface area contributed by atoms with Gasteiger partial charge in [0.1, 0.15) is 5.69 Å². The standard InChI is InChI=1S/C15H21N3O3/c1-10-12(15(20)21)6-7-13(16-10)14(19)18(3)11-5-4-8-17(2)9-11/h6-7,11H,4-5,8-9H2,1-3H3,(H,20,21). The van der Waals surface area contributed by atoms with Crippen molar-refractivity contribution in [2.45, 2.75) is 25.8 Å². The highest BCUT2D eigenvalue weighted by atomic mass is 16.4. The summed E-state index contributed by atoms with van der Waals surface area (Å²) in [6.07, 6.45) is 2.06. The molecule has 2 heterocycles. The van der Waals surface area contributed by atoms with Gasteiger partial charge in [-0.05, 0) is 45.5 Å². The molecule has 0 aliphatic carbocycles. The lowest BCUT2D eigenvalue weighted by atomic mass is 10.0. The Bertz CT molecular complexity index is 559. The number of piperidine rings is 1. The maximum atomic E-state index is 12.5. The minimum absolute atomic E-state index is 0.131. The number of aromatic nitrogens is 1. The average Bonchev–Trinajstić information content (AvgIpc) is 2.45. The lowest BCUT2D eigenvalue weighted by Crippen LogP contribution is -2.47. The number of aromatic carboxylic acids is 1. The van der Waals surface area contributed by atoms with E-state index in [2.05, 4.69) is 16.9 Å². The summed E-state index contributed by atoms with van der Waals surface area (Å²) in [5.41, 5.74) is 0.794. The number of carboxylic acids is 1. The second kappa shape index (κ2) is 6.22. The number of nitrogens with zero attached hydrogens (tertiary/aromatic N) is 3. The second-order valence-electron chi connectivity index (χ2n) is 5.61. The van der Waals surface area contributed by atoms with Crippen molar-refractivity contribution < 1.29 is 14.7 Å². The van der Waals surface area contributed by atoms with Gasteiger partial charge in [-0.1, -0.05) is 0 Å². The van der Waals surface area contributed by atoms with Crippen molar-refractivity contribution in [1.29, 1.82) is 0 Å². The third-order valence-electron chi connectivity index (χ3n) is 4.00. The highest BCUT2D eigenvalue weighted by molar-refractivity contribution is 5.94. The van der Waals surface area contributed by atoms with E-state index >= 15 is 0 Å². The van der Waals surface area contributed by atoms with E-state index in [-0.39, 0.29) is 17.5 Å². The fourth-order valence-electron chi connectivity index (χ4n) is 2.71. The molecule has 1 atom stereocenters. The van der Waals surface area contributed by atoms with Crippen molar-refractivity contribution in [2.24, 2.45) is 0 Å². The highest BCUT2D eigenvalue weighted by Crippen LogP contribution is 2.16. The number of hydrogen-bond acceptors (Lipinski definition) is 4. The quantitative estimate of drug-likeness (QED) is 0.907. The van der Waals surface area contributed by atoms with Crippen molar-refractivity contribution in [1.82, 2.24) is 14.8 Å². The van der Waals surface area contributed by atoms with Crippen molar-refractivity contribution in [3.05, 3.63) is 29.1 Å². The van der Waals surface area contributed by atoms with Gasteiger partial charge in [-0.2, -0.15) is 0 Å². The fourth-order valence-corrected chi connectivity index (χ4v) is 2.71. The van der Waals surface area contributed by atoms with Crippen LogP contribution in [0.3, 0.4) is 0 Å². The molecular weight excluding hydrogens is 270 g/mol. The molecule has 2 rings (SSSR count). The van der Waals surface area contributed by atoms with Gasteiger partial charge in [0.15, 0.2) is 0 Å². The van der Waals surface area contributed by atoms with Gasteiger partial charge in [0.2, 0.25) is 0 Å². The summed E-state index contributed by atoms with van der Waals surface area (Å²) in [6.45, 7) is 3.52. The molecule has 6 heteroatoms. The zero-order valence-corrected chi connectivity index (χ0v) is 12.7. The lowest BCUT2D eigenvalue weighted by molar-refractivity contribution is 0.0634. The van der Waals surface area contributed by atoms with Gasteiger partial charge in [0, 0.05) is 19.6 Å². The predicted octanol–water partition coefficient (Wildman–Crippen LogP) is 1.25. The molecular formula is C15H21N3O3. The van der Waals surface area contributed by atoms with Gasteiger partial charge in [-0.25, -0.2) is 9.78 Å². The van der Waals surface area contributed by atoms with Gasteiger partial charge in [0.25, 0.3) is 5.91 Å². The van der Waals surface area contributed by atoms with Gasteiger partial charge in [-0.15, -0.1) is 0 Å². The van der Waals surface area contributed by atoms with Gasteiger partial charge >= 0.3 is 5.97 Å². The SMILES string of the molecule is Cc1nc(C(=O)N(C)C2CCCN(C)C2)ccc1C(=O)O. The Labute approximate surface area is 124 Å². The monoisotopic (exact) mass is 291 g/mol. The zero-order valence-electron chi connectivity index (χ0n) is 12.7. The molecule has 1 aromatic rings. The molecule has 1 amide bonds. The molecule has 1 unspecified atom stereocenters. The number of pyridine rings is 1. The molecule has 6 nitrogen and oxygen atoms in total. The van der Waals surface area contributed by atoms with E-state index in [1.54, 1.807) is 18.9 Å². The van der Waals surface area contributed by atoms with Crippen LogP contribution in [-0.4, -0.2) is 65.0 Å². The average molecular weight is 291 g/mol. The normalized spacial score (nSPS) is 19.3. The predicted molar refractivity (Wildman–Crippen MR) is 78.5 cm³/mol. The smallest absolute Gasteiger partial charge is 0.337 e. The summed E-state index contributed by atoms with van der Waals surface area (Å²) in [6, 6.07) is 3.11. The van der Waals surface area contributed by atoms with Crippen molar-refractivity contribution in [3.63, 3.8) is 0 Å². The van der Waals surface area contributed by atoms with Crippen LogP contribution < -0.4 is 0 Å². The van der Waals surface area contributed by atoms with Gasteiger partial charge in [-0.3, -0.25) is 4.79 Å². The van der Waals surface area contributed by atoms with Crippen molar-refractivity contribution in [2.75, 3.05) is 27.2 Å². The van der Waals surface area contributed by atoms with Crippen LogP contribution in [0.4, 0.5) is 0 Å². The third-order valence-corrected chi connectivity index (χ3v) is 4.00. The maximum Gasteiger partial charge on any atom is 0.337 e. The van der Waals surface area contributed by atoms with Crippen LogP contribution in [0.25, 0.3) is 0 Å². The number of rotatable bonds is 3. The number of carbonyl (C=O) groups is 2. The molecule has 21 heavy (non-hydrogen) atoms. The van der Waals surface area contributed by atoms with Crippen LogP contribution in [0.2, 0.25) is 0 Å². The molecule has 114 valence electrons.